The zero-order valence-corrected chi connectivity index (χ0v) is 22.6. The third-order valence-electron chi connectivity index (χ3n) is 7.27. The van der Waals surface area contributed by atoms with Crippen LogP contribution in [0.25, 0.3) is 0 Å². The molecule has 0 N–H and O–H groups in total. The summed E-state index contributed by atoms with van der Waals surface area (Å²) in [4.78, 5) is 0. The smallest absolute Gasteiger partial charge is 0.123 e. The minimum Gasteiger partial charge on any atom is -1.00 e. The van der Waals surface area contributed by atoms with Gasteiger partial charge in [0.25, 0.3) is 0 Å². The van der Waals surface area contributed by atoms with Gasteiger partial charge >= 0.3 is 0 Å². The van der Waals surface area contributed by atoms with E-state index in [4.69, 9.17) is 4.74 Å². The molecule has 1 aliphatic rings. The first kappa shape index (κ1) is 24.7. The molecular weight excluding hydrogens is 499 g/mol. The lowest BCUT2D eigenvalue weighted by molar-refractivity contribution is -0.00000761. The zero-order valence-electron chi connectivity index (χ0n) is 20.1. The van der Waals surface area contributed by atoms with Crippen LogP contribution in [0.15, 0.2) is 109 Å². The van der Waals surface area contributed by atoms with Crippen molar-refractivity contribution in [3.05, 3.63) is 120 Å². The van der Waals surface area contributed by atoms with Crippen molar-refractivity contribution >= 4 is 23.2 Å². The average Bonchev–Trinajstić information content (AvgIpc) is 2.86. The van der Waals surface area contributed by atoms with Gasteiger partial charge in [-0.25, -0.2) is 0 Å². The van der Waals surface area contributed by atoms with Crippen molar-refractivity contribution in [2.75, 3.05) is 6.61 Å². The number of benzene rings is 4. The summed E-state index contributed by atoms with van der Waals surface area (Å²) in [6.45, 7) is 7.91. The fourth-order valence-corrected chi connectivity index (χ4v) is 10.1. The zero-order chi connectivity index (χ0) is 22.9. The van der Waals surface area contributed by atoms with E-state index in [1.165, 1.54) is 27.0 Å². The molecule has 1 heterocycles. The lowest BCUT2D eigenvalue weighted by atomic mass is 9.79. The van der Waals surface area contributed by atoms with Crippen LogP contribution in [-0.2, 0) is 5.41 Å². The predicted molar refractivity (Wildman–Crippen MR) is 143 cm³/mol. The Bertz CT molecular complexity index is 1130. The van der Waals surface area contributed by atoms with Crippen molar-refractivity contribution in [1.29, 1.82) is 0 Å². The monoisotopic (exact) mass is 530 g/mol. The maximum Gasteiger partial charge on any atom is 0.123 e. The highest BCUT2D eigenvalue weighted by Crippen LogP contribution is 2.66. The molecule has 0 bridgehead atoms. The first-order chi connectivity index (χ1) is 16.0. The summed E-state index contributed by atoms with van der Waals surface area (Å²) < 4.78 is 6.04. The van der Waals surface area contributed by atoms with E-state index in [1.807, 2.05) is 0 Å². The standard InChI is InChI=1S/C31H32OP.BrH/c1-24(25-19-20-30-29(23-25)31(2,3)21-22-32-30)33(26-13-7-4-8-14-26,27-15-9-5-10-16-27)28-17-11-6-12-18-28;/h4-20,23-24H,21-22H2,1-3H3;1H/q+1;/p-1. The van der Waals surface area contributed by atoms with Gasteiger partial charge in [0, 0.05) is 5.56 Å². The molecule has 0 amide bonds. The molecule has 4 aromatic carbocycles. The van der Waals surface area contributed by atoms with Crippen molar-refractivity contribution in [2.45, 2.75) is 38.3 Å². The van der Waals surface area contributed by atoms with Gasteiger partial charge < -0.3 is 21.7 Å². The quantitative estimate of drug-likeness (QED) is 0.356. The molecule has 0 spiro atoms. The molecule has 4 aromatic rings. The second-order valence-electron chi connectivity index (χ2n) is 9.64. The Balaban J connectivity index is 0.00000274. The summed E-state index contributed by atoms with van der Waals surface area (Å²) in [5.41, 5.74) is 3.16. The van der Waals surface area contributed by atoms with Crippen LogP contribution in [0.5, 0.6) is 5.75 Å². The summed E-state index contributed by atoms with van der Waals surface area (Å²) in [6.07, 6.45) is 1.05. The van der Waals surface area contributed by atoms with Gasteiger partial charge in [0.15, 0.2) is 0 Å². The molecule has 0 saturated heterocycles. The number of ether oxygens (including phenoxy) is 1. The fourth-order valence-electron chi connectivity index (χ4n) is 5.34. The summed E-state index contributed by atoms with van der Waals surface area (Å²) in [6, 6.07) is 40.4. The van der Waals surface area contributed by atoms with Gasteiger partial charge in [-0.1, -0.05) is 74.5 Å². The highest BCUT2D eigenvalue weighted by atomic mass is 79.9. The van der Waals surface area contributed by atoms with Crippen molar-refractivity contribution in [3.8, 4) is 5.75 Å². The predicted octanol–water partition coefficient (Wildman–Crippen LogP) is 3.81. The Morgan fingerprint density at radius 3 is 1.65 bits per heavy atom. The van der Waals surface area contributed by atoms with Gasteiger partial charge in [-0.3, -0.25) is 0 Å². The third kappa shape index (κ3) is 4.23. The molecule has 1 nitrogen and oxygen atoms in total. The summed E-state index contributed by atoms with van der Waals surface area (Å²) >= 11 is 0. The fraction of sp³-hybridized carbons (Fsp3) is 0.226. The van der Waals surface area contributed by atoms with Gasteiger partial charge in [-0.2, -0.15) is 0 Å². The number of rotatable bonds is 5. The van der Waals surface area contributed by atoms with E-state index in [0.717, 1.165) is 18.8 Å². The Kier molecular flexibility index (Phi) is 7.31. The molecule has 34 heavy (non-hydrogen) atoms. The maximum absolute atomic E-state index is 6.04. The second kappa shape index (κ2) is 10.1. The number of fused-ring (bicyclic) bond motifs is 1. The van der Waals surface area contributed by atoms with Crippen molar-refractivity contribution in [1.82, 2.24) is 0 Å². The molecule has 5 rings (SSSR count). The number of hydrogen-bond acceptors (Lipinski definition) is 1. The molecule has 1 unspecified atom stereocenters. The molecular formula is C31H32BrOP. The molecule has 3 heteroatoms. The van der Waals surface area contributed by atoms with Crippen molar-refractivity contribution in [3.63, 3.8) is 0 Å². The Morgan fingerprint density at radius 2 is 1.18 bits per heavy atom. The van der Waals surface area contributed by atoms with Crippen LogP contribution in [0, 0.1) is 0 Å². The lowest BCUT2D eigenvalue weighted by Crippen LogP contribution is -3.00. The van der Waals surface area contributed by atoms with Crippen LogP contribution in [0.1, 0.15) is 44.0 Å². The normalized spacial score (nSPS) is 15.4. The molecule has 1 atom stereocenters. The highest BCUT2D eigenvalue weighted by Gasteiger charge is 2.51. The van der Waals surface area contributed by atoms with E-state index in [0.29, 0.717) is 5.66 Å². The van der Waals surface area contributed by atoms with E-state index in [2.05, 4.69) is 130 Å². The van der Waals surface area contributed by atoms with Gasteiger partial charge in [-0.05, 0) is 72.9 Å². The van der Waals surface area contributed by atoms with Gasteiger partial charge in [-0.15, -0.1) is 0 Å². The first-order valence-corrected chi connectivity index (χ1v) is 13.7. The Morgan fingerprint density at radius 1 is 0.706 bits per heavy atom. The minimum absolute atomic E-state index is 0. The number of hydrogen-bond donors (Lipinski definition) is 0. The summed E-state index contributed by atoms with van der Waals surface area (Å²) in [5.74, 6) is 1.05. The molecule has 174 valence electrons. The van der Waals surface area contributed by atoms with E-state index < -0.39 is 7.26 Å². The van der Waals surface area contributed by atoms with Crippen LogP contribution in [0.2, 0.25) is 0 Å². The van der Waals surface area contributed by atoms with Gasteiger partial charge in [0.05, 0.1) is 6.61 Å². The van der Waals surface area contributed by atoms with Crippen LogP contribution in [0.4, 0.5) is 0 Å². The SMILES string of the molecule is CC(c1ccc2c(c1)C(C)(C)CCO2)[P+](c1ccccc1)(c1ccccc1)c1ccccc1.[Br-]. The van der Waals surface area contributed by atoms with Crippen LogP contribution in [0.3, 0.4) is 0 Å². The largest absolute Gasteiger partial charge is 1.00 e. The van der Waals surface area contributed by atoms with Crippen LogP contribution < -0.4 is 37.6 Å². The molecule has 1 aliphatic heterocycles. The third-order valence-corrected chi connectivity index (χ3v) is 12.1. The average molecular weight is 531 g/mol. The van der Waals surface area contributed by atoms with Gasteiger partial charge in [0.1, 0.15) is 34.6 Å². The van der Waals surface area contributed by atoms with Gasteiger partial charge in [0.2, 0.25) is 0 Å². The summed E-state index contributed by atoms with van der Waals surface area (Å²) in [7, 11) is -1.98. The second-order valence-corrected chi connectivity index (χ2v) is 13.4. The molecule has 0 fully saturated rings. The molecule has 0 saturated carbocycles. The van der Waals surface area contributed by atoms with E-state index in [-0.39, 0.29) is 22.4 Å². The highest BCUT2D eigenvalue weighted by molar-refractivity contribution is 7.95. The lowest BCUT2D eigenvalue weighted by Gasteiger charge is -2.36. The molecule has 0 radical (unpaired) electrons. The van der Waals surface area contributed by atoms with E-state index >= 15 is 0 Å². The number of halogens is 1. The molecule has 0 aliphatic carbocycles. The van der Waals surface area contributed by atoms with Crippen LogP contribution in [-0.4, -0.2) is 6.61 Å². The van der Waals surface area contributed by atoms with Crippen molar-refractivity contribution < 1.29 is 21.7 Å². The maximum atomic E-state index is 6.04. The van der Waals surface area contributed by atoms with E-state index in [1.54, 1.807) is 0 Å². The summed E-state index contributed by atoms with van der Waals surface area (Å²) in [5, 5.41) is 4.26. The Hall–Kier alpha value is -2.41. The molecule has 0 aromatic heterocycles. The first-order valence-electron chi connectivity index (χ1n) is 11.9. The van der Waals surface area contributed by atoms with Crippen molar-refractivity contribution in [2.24, 2.45) is 0 Å². The Labute approximate surface area is 215 Å². The van der Waals surface area contributed by atoms with E-state index in [9.17, 15) is 0 Å². The topological polar surface area (TPSA) is 9.23 Å². The van der Waals surface area contributed by atoms with Crippen LogP contribution >= 0.6 is 7.26 Å². The minimum atomic E-state index is -1.98.